The van der Waals surface area contributed by atoms with Gasteiger partial charge >= 0.3 is 6.09 Å². The smallest absolute Gasteiger partial charge is 0.420 e. The van der Waals surface area contributed by atoms with Crippen molar-refractivity contribution in [3.8, 4) is 17.2 Å². The number of nitrogens with zero attached hydrogens (tertiary/aromatic N) is 1. The second kappa shape index (κ2) is 4.20. The molecule has 96 valence electrons. The lowest BCUT2D eigenvalue weighted by molar-refractivity contribution is 0.202. The van der Waals surface area contributed by atoms with Gasteiger partial charge in [0.25, 0.3) is 0 Å². The second-order valence-corrected chi connectivity index (χ2v) is 4.23. The number of fused-ring (bicyclic) bond motifs is 1. The van der Waals surface area contributed by atoms with Crippen molar-refractivity contribution in [2.75, 3.05) is 4.90 Å². The highest BCUT2D eigenvalue weighted by atomic mass is 16.6. The number of phenolic OH excluding ortho intramolecular Hbond substituents is 2. The fourth-order valence-electron chi connectivity index (χ4n) is 2.03. The number of rotatable bonds is 1. The lowest BCUT2D eigenvalue weighted by Gasteiger charge is -2.28. The molecule has 0 fully saturated rings. The number of carbonyl (C=O) groups excluding carboxylic acids is 1. The van der Waals surface area contributed by atoms with Crippen molar-refractivity contribution < 1.29 is 19.7 Å². The van der Waals surface area contributed by atoms with E-state index in [0.29, 0.717) is 11.4 Å². The summed E-state index contributed by atoms with van der Waals surface area (Å²) in [6, 6.07) is 11.2. The first kappa shape index (κ1) is 11.4. The quantitative estimate of drug-likeness (QED) is 0.823. The minimum Gasteiger partial charge on any atom is -0.508 e. The summed E-state index contributed by atoms with van der Waals surface area (Å²) in [6.45, 7) is 0.284. The van der Waals surface area contributed by atoms with Crippen molar-refractivity contribution >= 4 is 11.8 Å². The Labute approximate surface area is 109 Å². The maximum atomic E-state index is 11.9. The van der Waals surface area contributed by atoms with Gasteiger partial charge in [0.1, 0.15) is 17.2 Å². The Morgan fingerprint density at radius 3 is 2.68 bits per heavy atom. The van der Waals surface area contributed by atoms with Crippen LogP contribution in [0, 0.1) is 0 Å². The fraction of sp³-hybridized carbons (Fsp3) is 0.0714. The first-order valence-corrected chi connectivity index (χ1v) is 5.74. The lowest BCUT2D eigenvalue weighted by Crippen LogP contribution is -2.36. The van der Waals surface area contributed by atoms with Crippen molar-refractivity contribution in [1.82, 2.24) is 0 Å². The number of carbonyl (C=O) groups is 1. The van der Waals surface area contributed by atoms with E-state index in [1.807, 2.05) is 0 Å². The van der Waals surface area contributed by atoms with Crippen LogP contribution in [-0.2, 0) is 6.54 Å². The number of hydrogen-bond acceptors (Lipinski definition) is 4. The van der Waals surface area contributed by atoms with Crippen molar-refractivity contribution in [2.24, 2.45) is 0 Å². The van der Waals surface area contributed by atoms with E-state index in [0.717, 1.165) is 5.56 Å². The van der Waals surface area contributed by atoms with E-state index < -0.39 is 6.09 Å². The highest BCUT2D eigenvalue weighted by molar-refractivity contribution is 5.92. The molecule has 0 aromatic heterocycles. The normalized spacial score (nSPS) is 13.9. The molecule has 1 aliphatic heterocycles. The van der Waals surface area contributed by atoms with Crippen LogP contribution in [0.15, 0.2) is 42.5 Å². The predicted molar refractivity (Wildman–Crippen MR) is 68.4 cm³/mol. The molecule has 1 heterocycles. The number of para-hydroxylation sites is 2. The van der Waals surface area contributed by atoms with E-state index >= 15 is 0 Å². The van der Waals surface area contributed by atoms with Crippen LogP contribution < -0.4 is 9.64 Å². The molecule has 2 aromatic rings. The molecule has 0 saturated heterocycles. The Morgan fingerprint density at radius 2 is 1.89 bits per heavy atom. The third-order valence-corrected chi connectivity index (χ3v) is 2.97. The number of benzene rings is 2. The Morgan fingerprint density at radius 1 is 1.11 bits per heavy atom. The molecule has 0 saturated carbocycles. The third kappa shape index (κ3) is 1.95. The van der Waals surface area contributed by atoms with Gasteiger partial charge in [-0.05, 0) is 24.3 Å². The fourth-order valence-corrected chi connectivity index (χ4v) is 2.03. The molecule has 5 heteroatoms. The molecule has 0 unspecified atom stereocenters. The number of hydrogen-bond donors (Lipinski definition) is 2. The molecule has 0 atom stereocenters. The van der Waals surface area contributed by atoms with Crippen LogP contribution in [0.5, 0.6) is 17.2 Å². The molecule has 1 aliphatic rings. The number of anilines is 1. The molecule has 1 amide bonds. The van der Waals surface area contributed by atoms with Crippen molar-refractivity contribution in [1.29, 1.82) is 0 Å². The van der Waals surface area contributed by atoms with Gasteiger partial charge in [0.05, 0.1) is 12.2 Å². The van der Waals surface area contributed by atoms with Crippen LogP contribution in [0.25, 0.3) is 0 Å². The lowest BCUT2D eigenvalue weighted by atomic mass is 10.1. The average Bonchev–Trinajstić information content (AvgIpc) is 2.39. The maximum absolute atomic E-state index is 11.9. The van der Waals surface area contributed by atoms with Gasteiger partial charge < -0.3 is 14.9 Å². The molecule has 19 heavy (non-hydrogen) atoms. The number of phenols is 2. The number of aromatic hydroxyl groups is 2. The average molecular weight is 257 g/mol. The van der Waals surface area contributed by atoms with E-state index in [1.165, 1.54) is 23.1 Å². The molecule has 5 nitrogen and oxygen atoms in total. The highest BCUT2D eigenvalue weighted by Crippen LogP contribution is 2.35. The minimum absolute atomic E-state index is 0.0154. The van der Waals surface area contributed by atoms with E-state index in [1.54, 1.807) is 24.3 Å². The zero-order valence-corrected chi connectivity index (χ0v) is 9.91. The van der Waals surface area contributed by atoms with Gasteiger partial charge in [-0.25, -0.2) is 4.79 Å². The van der Waals surface area contributed by atoms with Crippen LogP contribution in [0.4, 0.5) is 10.5 Å². The zero-order chi connectivity index (χ0) is 13.4. The topological polar surface area (TPSA) is 70.0 Å². The Hall–Kier alpha value is -2.69. The summed E-state index contributed by atoms with van der Waals surface area (Å²) in [7, 11) is 0. The first-order chi connectivity index (χ1) is 9.15. The monoisotopic (exact) mass is 257 g/mol. The zero-order valence-electron chi connectivity index (χ0n) is 9.91. The Kier molecular flexibility index (Phi) is 2.52. The molecular formula is C14H11NO4. The van der Waals surface area contributed by atoms with Crippen LogP contribution in [0.3, 0.4) is 0 Å². The van der Waals surface area contributed by atoms with E-state index in [-0.39, 0.29) is 18.0 Å². The van der Waals surface area contributed by atoms with Gasteiger partial charge in [0.2, 0.25) is 0 Å². The first-order valence-electron chi connectivity index (χ1n) is 5.74. The van der Waals surface area contributed by atoms with Crippen molar-refractivity contribution in [3.05, 3.63) is 48.0 Å². The molecule has 0 aliphatic carbocycles. The van der Waals surface area contributed by atoms with Crippen LogP contribution in [0.2, 0.25) is 0 Å². The van der Waals surface area contributed by atoms with Gasteiger partial charge in [0, 0.05) is 11.6 Å². The summed E-state index contributed by atoms with van der Waals surface area (Å²) >= 11 is 0. The molecule has 0 spiro atoms. The van der Waals surface area contributed by atoms with E-state index in [4.69, 9.17) is 4.74 Å². The summed E-state index contributed by atoms with van der Waals surface area (Å²) in [5, 5.41) is 19.1. The van der Waals surface area contributed by atoms with Gasteiger partial charge in [-0.3, -0.25) is 4.90 Å². The summed E-state index contributed by atoms with van der Waals surface area (Å²) in [4.78, 5) is 13.3. The summed E-state index contributed by atoms with van der Waals surface area (Å²) in [5.74, 6) is 0.404. The van der Waals surface area contributed by atoms with Crippen LogP contribution in [0.1, 0.15) is 5.56 Å². The molecule has 0 radical (unpaired) electrons. The van der Waals surface area contributed by atoms with Gasteiger partial charge in [-0.15, -0.1) is 0 Å². The standard InChI is InChI=1S/C14H11NO4/c16-10-6-5-9-8-15(14(18)19-13(9)7-10)11-3-1-2-4-12(11)17/h1-7,16-17H,8H2. The predicted octanol–water partition coefficient (Wildman–Crippen LogP) is 2.62. The second-order valence-electron chi connectivity index (χ2n) is 4.23. The van der Waals surface area contributed by atoms with Crippen molar-refractivity contribution in [3.63, 3.8) is 0 Å². The highest BCUT2D eigenvalue weighted by Gasteiger charge is 2.27. The van der Waals surface area contributed by atoms with Crippen molar-refractivity contribution in [2.45, 2.75) is 6.54 Å². The molecule has 3 rings (SSSR count). The minimum atomic E-state index is -0.584. The number of ether oxygens (including phenoxy) is 1. The number of amides is 1. The van der Waals surface area contributed by atoms with Crippen LogP contribution in [-0.4, -0.2) is 16.3 Å². The Bertz CT molecular complexity index is 654. The summed E-state index contributed by atoms with van der Waals surface area (Å²) in [6.07, 6.45) is -0.584. The third-order valence-electron chi connectivity index (χ3n) is 2.97. The van der Waals surface area contributed by atoms with Gasteiger partial charge in [0.15, 0.2) is 0 Å². The maximum Gasteiger partial charge on any atom is 0.420 e. The summed E-state index contributed by atoms with van der Waals surface area (Å²) in [5.41, 5.74) is 1.16. The Balaban J connectivity index is 2.01. The summed E-state index contributed by atoms with van der Waals surface area (Å²) < 4.78 is 5.15. The molecule has 2 aromatic carbocycles. The molecule has 2 N–H and O–H groups in total. The van der Waals surface area contributed by atoms with E-state index in [9.17, 15) is 15.0 Å². The van der Waals surface area contributed by atoms with E-state index in [2.05, 4.69) is 0 Å². The molecular weight excluding hydrogens is 246 g/mol. The van der Waals surface area contributed by atoms with Gasteiger partial charge in [-0.2, -0.15) is 0 Å². The largest absolute Gasteiger partial charge is 0.508 e. The van der Waals surface area contributed by atoms with Gasteiger partial charge in [-0.1, -0.05) is 12.1 Å². The van der Waals surface area contributed by atoms with Crippen LogP contribution >= 0.6 is 0 Å². The SMILES string of the molecule is O=C1Oc2cc(O)ccc2CN1c1ccccc1O. The molecule has 0 bridgehead atoms.